The van der Waals surface area contributed by atoms with Gasteiger partial charge in [0.25, 0.3) is 5.69 Å². The van der Waals surface area contributed by atoms with E-state index in [2.05, 4.69) is 33.8 Å². The van der Waals surface area contributed by atoms with Crippen molar-refractivity contribution >= 4 is 19.0 Å². The number of hydrogen-bond donors (Lipinski definition) is 0. The van der Waals surface area contributed by atoms with Gasteiger partial charge in [-0.25, -0.2) is 0 Å². The van der Waals surface area contributed by atoms with Gasteiger partial charge in [-0.05, 0) is 24.1 Å². The van der Waals surface area contributed by atoms with E-state index >= 15 is 0 Å². The quantitative estimate of drug-likeness (QED) is 0.209. The van der Waals surface area contributed by atoms with Crippen LogP contribution in [0.4, 0.5) is 5.69 Å². The fourth-order valence-electron chi connectivity index (χ4n) is 3.43. The molecule has 0 saturated carbocycles. The number of hydrogen-bond acceptors (Lipinski definition) is 2. The van der Waals surface area contributed by atoms with Crippen LogP contribution in [0.5, 0.6) is 0 Å². The van der Waals surface area contributed by atoms with Crippen LogP contribution in [0, 0.1) is 10.1 Å². The Labute approximate surface area is 142 Å². The van der Waals surface area contributed by atoms with Crippen molar-refractivity contribution in [3.63, 3.8) is 0 Å². The average molecular weight is 334 g/mol. The van der Waals surface area contributed by atoms with Crippen molar-refractivity contribution in [3.05, 3.63) is 46.0 Å². The van der Waals surface area contributed by atoms with E-state index in [1.165, 1.54) is 24.5 Å². The Kier molecular flexibility index (Phi) is 8.24. The molecule has 4 heteroatoms. The molecule has 1 aromatic carbocycles. The van der Waals surface area contributed by atoms with Crippen molar-refractivity contribution in [1.82, 2.24) is 0 Å². The lowest BCUT2D eigenvalue weighted by atomic mass is 10.1. The van der Waals surface area contributed by atoms with Gasteiger partial charge in [-0.3, -0.25) is 10.1 Å². The molecule has 0 aliphatic carbocycles. The third-order valence-corrected chi connectivity index (χ3v) is 10.8. The number of nitro benzene ring substituents is 1. The molecular formula is C19H31NO2Si. The molecule has 0 bridgehead atoms. The zero-order valence-electron chi connectivity index (χ0n) is 15.1. The van der Waals surface area contributed by atoms with Crippen LogP contribution in [-0.2, 0) is 0 Å². The average Bonchev–Trinajstić information content (AvgIpc) is 2.58. The van der Waals surface area contributed by atoms with Crippen LogP contribution in [0.25, 0.3) is 5.20 Å². The molecule has 0 N–H and O–H groups in total. The summed E-state index contributed by atoms with van der Waals surface area (Å²) in [6.45, 7) is 8.98. The number of rotatable bonds is 10. The second kappa shape index (κ2) is 9.66. The zero-order valence-corrected chi connectivity index (χ0v) is 16.1. The topological polar surface area (TPSA) is 43.1 Å². The van der Waals surface area contributed by atoms with Crippen LogP contribution in [0.3, 0.4) is 0 Å². The van der Waals surface area contributed by atoms with Crippen molar-refractivity contribution in [1.29, 1.82) is 0 Å². The molecule has 0 spiro atoms. The maximum absolute atomic E-state index is 11.5. The molecule has 0 radical (unpaired) electrons. The summed E-state index contributed by atoms with van der Waals surface area (Å²) in [5.74, 6) is 0. The van der Waals surface area contributed by atoms with Gasteiger partial charge in [0.1, 0.15) is 0 Å². The maximum atomic E-state index is 11.5. The number of nitro groups is 1. The Morgan fingerprint density at radius 1 is 1.09 bits per heavy atom. The minimum atomic E-state index is -1.67. The monoisotopic (exact) mass is 333 g/mol. The fourth-order valence-corrected chi connectivity index (χ4v) is 7.44. The summed E-state index contributed by atoms with van der Waals surface area (Å²) >= 11 is 0. The van der Waals surface area contributed by atoms with Crippen molar-refractivity contribution in [2.45, 2.75) is 71.5 Å². The predicted octanol–water partition coefficient (Wildman–Crippen LogP) is 6.61. The molecule has 0 aromatic heterocycles. The van der Waals surface area contributed by atoms with E-state index in [1.807, 2.05) is 12.1 Å². The van der Waals surface area contributed by atoms with Crippen LogP contribution in [0.15, 0.2) is 30.3 Å². The van der Waals surface area contributed by atoms with E-state index in [0.717, 1.165) is 30.1 Å². The van der Waals surface area contributed by atoms with Gasteiger partial charge >= 0.3 is 0 Å². The van der Waals surface area contributed by atoms with E-state index in [4.69, 9.17) is 0 Å². The molecule has 23 heavy (non-hydrogen) atoms. The minimum absolute atomic E-state index is 0.227. The maximum Gasteiger partial charge on any atom is 0.276 e. The summed E-state index contributed by atoms with van der Waals surface area (Å²) in [4.78, 5) is 11.3. The standard InChI is InChI=1S/C19H31NO2Si/c1-5-9-10-11-16-19(23(6-2,7-3)8-4)17-14-12-13-15-18(17)20(21)22/h12-16H,5-11H2,1-4H3/b19-16-. The molecule has 0 atom stereocenters. The van der Waals surface area contributed by atoms with E-state index in [0.29, 0.717) is 0 Å². The van der Waals surface area contributed by atoms with Gasteiger partial charge in [-0.1, -0.05) is 76.9 Å². The molecule has 0 aliphatic rings. The Hall–Kier alpha value is -1.42. The van der Waals surface area contributed by atoms with Crippen LogP contribution in [0.2, 0.25) is 18.1 Å². The molecule has 3 nitrogen and oxygen atoms in total. The summed E-state index contributed by atoms with van der Waals surface area (Å²) in [5.41, 5.74) is 1.13. The number of allylic oxidation sites excluding steroid dienone is 1. The molecule has 0 amide bonds. The van der Waals surface area contributed by atoms with Gasteiger partial charge < -0.3 is 0 Å². The molecule has 0 fully saturated rings. The lowest BCUT2D eigenvalue weighted by molar-refractivity contribution is -0.385. The first-order valence-electron chi connectivity index (χ1n) is 9.00. The van der Waals surface area contributed by atoms with Gasteiger partial charge in [0.2, 0.25) is 0 Å². The van der Waals surface area contributed by atoms with E-state index < -0.39 is 8.07 Å². The molecule has 1 rings (SSSR count). The van der Waals surface area contributed by atoms with Crippen molar-refractivity contribution in [2.75, 3.05) is 0 Å². The van der Waals surface area contributed by atoms with Crippen molar-refractivity contribution in [3.8, 4) is 0 Å². The van der Waals surface area contributed by atoms with E-state index in [-0.39, 0.29) is 10.6 Å². The normalized spacial score (nSPS) is 12.4. The SMILES string of the molecule is CCCCC/C=C(/c1ccccc1[N+](=O)[O-])[Si](CC)(CC)CC. The highest BCUT2D eigenvalue weighted by Crippen LogP contribution is 2.39. The molecule has 0 aliphatic heterocycles. The van der Waals surface area contributed by atoms with Gasteiger partial charge in [-0.2, -0.15) is 0 Å². The Bertz CT molecular complexity index is 528. The summed E-state index contributed by atoms with van der Waals surface area (Å²) in [5, 5.41) is 12.8. The lowest BCUT2D eigenvalue weighted by Crippen LogP contribution is -2.34. The summed E-state index contributed by atoms with van der Waals surface area (Å²) in [6.07, 6.45) is 6.96. The predicted molar refractivity (Wildman–Crippen MR) is 102 cm³/mol. The minimum Gasteiger partial charge on any atom is -0.258 e. The smallest absolute Gasteiger partial charge is 0.258 e. The molecule has 0 unspecified atom stereocenters. The third-order valence-electron chi connectivity index (χ3n) is 5.15. The molecule has 0 saturated heterocycles. The molecule has 1 aromatic rings. The Morgan fingerprint density at radius 3 is 2.22 bits per heavy atom. The summed E-state index contributed by atoms with van der Waals surface area (Å²) in [6, 6.07) is 10.7. The van der Waals surface area contributed by atoms with Crippen LogP contribution >= 0.6 is 0 Å². The highest BCUT2D eigenvalue weighted by atomic mass is 28.3. The number of unbranched alkanes of at least 4 members (excludes halogenated alkanes) is 3. The van der Waals surface area contributed by atoms with Crippen LogP contribution < -0.4 is 0 Å². The number of para-hydroxylation sites is 1. The molecular weight excluding hydrogens is 302 g/mol. The van der Waals surface area contributed by atoms with Crippen LogP contribution in [0.1, 0.15) is 58.9 Å². The summed E-state index contributed by atoms with van der Waals surface area (Å²) < 4.78 is 0. The first kappa shape index (κ1) is 19.6. The zero-order chi connectivity index (χ0) is 17.3. The first-order valence-corrected chi connectivity index (χ1v) is 11.6. The molecule has 0 heterocycles. The second-order valence-electron chi connectivity index (χ2n) is 6.23. The van der Waals surface area contributed by atoms with E-state index in [9.17, 15) is 10.1 Å². The van der Waals surface area contributed by atoms with Gasteiger partial charge in [0.15, 0.2) is 0 Å². The van der Waals surface area contributed by atoms with Crippen molar-refractivity contribution in [2.24, 2.45) is 0 Å². The van der Waals surface area contributed by atoms with Crippen LogP contribution in [-0.4, -0.2) is 13.0 Å². The second-order valence-corrected chi connectivity index (χ2v) is 11.4. The molecule has 128 valence electrons. The van der Waals surface area contributed by atoms with E-state index in [1.54, 1.807) is 12.1 Å². The highest BCUT2D eigenvalue weighted by molar-refractivity contribution is 6.96. The Morgan fingerprint density at radius 2 is 1.70 bits per heavy atom. The van der Waals surface area contributed by atoms with Gasteiger partial charge in [0.05, 0.1) is 18.6 Å². The number of benzene rings is 1. The third kappa shape index (κ3) is 4.77. The van der Waals surface area contributed by atoms with Gasteiger partial charge in [-0.15, -0.1) is 0 Å². The summed E-state index contributed by atoms with van der Waals surface area (Å²) in [7, 11) is -1.67. The van der Waals surface area contributed by atoms with Gasteiger partial charge in [0, 0.05) is 6.07 Å². The lowest BCUT2D eigenvalue weighted by Gasteiger charge is -2.31. The Balaban J connectivity index is 3.37. The highest BCUT2D eigenvalue weighted by Gasteiger charge is 2.34. The van der Waals surface area contributed by atoms with Crippen molar-refractivity contribution < 1.29 is 4.92 Å². The first-order chi connectivity index (χ1) is 11.1. The fraction of sp³-hybridized carbons (Fsp3) is 0.579. The number of nitrogens with zero attached hydrogens (tertiary/aromatic N) is 1. The largest absolute Gasteiger partial charge is 0.276 e.